The lowest BCUT2D eigenvalue weighted by Gasteiger charge is -2.23. The Morgan fingerprint density at radius 1 is 1.30 bits per heavy atom. The Kier molecular flexibility index (Phi) is 6.78. The molecule has 0 spiro atoms. The van der Waals surface area contributed by atoms with Gasteiger partial charge in [-0.05, 0) is 45.4 Å². The Morgan fingerprint density at radius 3 is 2.81 bits per heavy atom. The normalized spacial score (nSPS) is 15.1. The molecule has 2 N–H and O–H groups in total. The molecule has 1 aliphatic rings. The first-order valence-electron chi connectivity index (χ1n) is 12.0. The molecule has 1 saturated heterocycles. The first-order valence-corrected chi connectivity index (χ1v) is 12.0. The maximum absolute atomic E-state index is 12.9. The number of hydrogen-bond acceptors (Lipinski definition) is 7. The fourth-order valence-electron chi connectivity index (χ4n) is 4.21. The minimum Gasteiger partial charge on any atom is -0.435 e. The average molecular weight is 515 g/mol. The molecule has 0 radical (unpaired) electrons. The van der Waals surface area contributed by atoms with Gasteiger partial charge < -0.3 is 24.5 Å². The fraction of sp³-hybridized carbons (Fsp3) is 0.440. The molecule has 12 heteroatoms. The molecule has 0 aliphatic carbocycles. The van der Waals surface area contributed by atoms with Gasteiger partial charge in [-0.2, -0.15) is 13.9 Å². The molecule has 1 amide bonds. The molecule has 0 saturated carbocycles. The quantitative estimate of drug-likeness (QED) is 0.379. The van der Waals surface area contributed by atoms with Crippen molar-refractivity contribution in [2.24, 2.45) is 0 Å². The number of aromatic amines is 1. The van der Waals surface area contributed by atoms with Gasteiger partial charge >= 0.3 is 6.61 Å². The van der Waals surface area contributed by atoms with Crippen molar-refractivity contribution in [3.05, 3.63) is 36.2 Å². The van der Waals surface area contributed by atoms with E-state index in [1.54, 1.807) is 16.9 Å². The summed E-state index contributed by atoms with van der Waals surface area (Å²) < 4.78 is 43.5. The lowest BCUT2D eigenvalue weighted by molar-refractivity contribution is -0.182. The summed E-state index contributed by atoms with van der Waals surface area (Å²) in [5.41, 5.74) is 2.25. The van der Waals surface area contributed by atoms with Gasteiger partial charge in [-0.1, -0.05) is 0 Å². The van der Waals surface area contributed by atoms with Crippen LogP contribution in [0.2, 0.25) is 0 Å². The Balaban J connectivity index is 1.55. The molecule has 10 nitrogen and oxygen atoms in total. The largest absolute Gasteiger partial charge is 0.435 e. The van der Waals surface area contributed by atoms with Gasteiger partial charge in [0.1, 0.15) is 22.7 Å². The van der Waals surface area contributed by atoms with E-state index in [9.17, 15) is 13.6 Å². The van der Waals surface area contributed by atoms with Crippen LogP contribution in [0, 0.1) is 0 Å². The number of nitrogens with zero attached hydrogens (tertiary/aromatic N) is 4. The van der Waals surface area contributed by atoms with Gasteiger partial charge in [-0.25, -0.2) is 9.97 Å². The van der Waals surface area contributed by atoms with Crippen LogP contribution in [0.3, 0.4) is 0 Å². The Labute approximate surface area is 211 Å². The van der Waals surface area contributed by atoms with E-state index in [2.05, 4.69) is 20.0 Å². The lowest BCUT2D eigenvalue weighted by atomic mass is 10.1. The van der Waals surface area contributed by atoms with Crippen LogP contribution in [0.5, 0.6) is 5.75 Å². The van der Waals surface area contributed by atoms with E-state index in [0.717, 1.165) is 6.42 Å². The highest BCUT2D eigenvalue weighted by Crippen LogP contribution is 2.32. The second-order valence-electron chi connectivity index (χ2n) is 9.80. The lowest BCUT2D eigenvalue weighted by Crippen LogP contribution is -2.40. The Bertz CT molecular complexity index is 1420. The van der Waals surface area contributed by atoms with Crippen molar-refractivity contribution in [1.29, 1.82) is 0 Å². The molecule has 4 aromatic rings. The number of aromatic nitrogens is 5. The van der Waals surface area contributed by atoms with Crippen LogP contribution in [-0.2, 0) is 16.0 Å². The van der Waals surface area contributed by atoms with Crippen LogP contribution in [0.15, 0.2) is 30.6 Å². The smallest absolute Gasteiger partial charge is 0.387 e. The first kappa shape index (κ1) is 25.0. The predicted molar refractivity (Wildman–Crippen MR) is 131 cm³/mol. The van der Waals surface area contributed by atoms with Crippen molar-refractivity contribution in [2.45, 2.75) is 58.6 Å². The number of amides is 1. The van der Waals surface area contributed by atoms with Crippen LogP contribution < -0.4 is 10.1 Å². The number of carbonyl (C=O) groups excluding carboxylic acids is 1. The van der Waals surface area contributed by atoms with Crippen LogP contribution in [-0.4, -0.2) is 62.3 Å². The van der Waals surface area contributed by atoms with Crippen LogP contribution in [0.1, 0.15) is 44.0 Å². The van der Waals surface area contributed by atoms with Crippen molar-refractivity contribution in [3.63, 3.8) is 0 Å². The highest BCUT2D eigenvalue weighted by Gasteiger charge is 2.22. The number of benzene rings is 1. The SMILES string of the molecule is CC(C)(C)NC(=O)c1c[nH]c2ncc(-c3nn(CCC4OCCCO4)c4ccc(OC(F)F)cc34)nc12. The van der Waals surface area contributed by atoms with Crippen molar-refractivity contribution in [3.8, 4) is 17.1 Å². The Morgan fingerprint density at radius 2 is 2.08 bits per heavy atom. The molecule has 1 aromatic carbocycles. The van der Waals surface area contributed by atoms with Crippen molar-refractivity contribution in [1.82, 2.24) is 30.0 Å². The van der Waals surface area contributed by atoms with Gasteiger partial charge in [0.15, 0.2) is 11.9 Å². The zero-order valence-electron chi connectivity index (χ0n) is 20.8. The monoisotopic (exact) mass is 514 g/mol. The topological polar surface area (TPSA) is 116 Å². The van der Waals surface area contributed by atoms with E-state index < -0.39 is 12.2 Å². The third-order valence-electron chi connectivity index (χ3n) is 5.78. The summed E-state index contributed by atoms with van der Waals surface area (Å²) >= 11 is 0. The molecule has 5 rings (SSSR count). The maximum Gasteiger partial charge on any atom is 0.387 e. The number of ether oxygens (including phenoxy) is 3. The highest BCUT2D eigenvalue weighted by atomic mass is 19.3. The second kappa shape index (κ2) is 10.0. The molecule has 1 fully saturated rings. The molecule has 0 unspecified atom stereocenters. The van der Waals surface area contributed by atoms with E-state index >= 15 is 0 Å². The summed E-state index contributed by atoms with van der Waals surface area (Å²) in [7, 11) is 0. The number of alkyl halides is 2. The van der Waals surface area contributed by atoms with Gasteiger partial charge in [0.2, 0.25) is 0 Å². The number of carbonyl (C=O) groups is 1. The van der Waals surface area contributed by atoms with Crippen molar-refractivity contribution < 1.29 is 27.8 Å². The van der Waals surface area contributed by atoms with Crippen LogP contribution in [0.25, 0.3) is 33.5 Å². The minimum atomic E-state index is -2.96. The minimum absolute atomic E-state index is 0.00294. The van der Waals surface area contributed by atoms with E-state index in [0.29, 0.717) is 65.2 Å². The summed E-state index contributed by atoms with van der Waals surface area (Å²) in [6.07, 6.45) is 4.17. The molecule has 0 atom stereocenters. The maximum atomic E-state index is 12.9. The van der Waals surface area contributed by atoms with Crippen molar-refractivity contribution in [2.75, 3.05) is 13.2 Å². The number of aryl methyl sites for hydroxylation is 1. The standard InChI is InChI=1S/C25H28F2N6O4/c1-25(2,3)31-23(34)16-12-28-22-21(16)30-17(13-29-22)20-15-11-14(37-24(26)27)5-6-18(15)33(32-20)8-7-19-35-9-4-10-36-19/h5-6,11-13,19,24H,4,7-10H2,1-3H3,(H,28,29)(H,31,34). The molecular formula is C25H28F2N6O4. The molecule has 0 bridgehead atoms. The molecule has 3 aromatic heterocycles. The predicted octanol–water partition coefficient (Wildman–Crippen LogP) is 4.26. The van der Waals surface area contributed by atoms with Gasteiger partial charge in [-0.15, -0.1) is 0 Å². The summed E-state index contributed by atoms with van der Waals surface area (Å²) in [5, 5.41) is 8.22. The molecule has 196 valence electrons. The number of nitrogens with one attached hydrogen (secondary N) is 2. The number of fused-ring (bicyclic) bond motifs is 2. The molecule has 4 heterocycles. The molecule has 1 aliphatic heterocycles. The summed E-state index contributed by atoms with van der Waals surface area (Å²) in [6.45, 7) is 4.45. The zero-order valence-corrected chi connectivity index (χ0v) is 20.8. The average Bonchev–Trinajstić information content (AvgIpc) is 3.43. The summed E-state index contributed by atoms with van der Waals surface area (Å²) in [4.78, 5) is 24.9. The third kappa shape index (κ3) is 5.54. The molecular weight excluding hydrogens is 486 g/mol. The number of H-pyrrole nitrogens is 1. The second-order valence-corrected chi connectivity index (χ2v) is 9.80. The van der Waals surface area contributed by atoms with Crippen molar-refractivity contribution >= 4 is 28.0 Å². The molecule has 37 heavy (non-hydrogen) atoms. The summed E-state index contributed by atoms with van der Waals surface area (Å²) in [6, 6.07) is 4.65. The van der Waals surface area contributed by atoms with E-state index in [-0.39, 0.29) is 17.9 Å². The number of rotatable bonds is 7. The Hall–Kier alpha value is -3.64. The van der Waals surface area contributed by atoms with Gasteiger partial charge in [-0.3, -0.25) is 9.48 Å². The summed E-state index contributed by atoms with van der Waals surface area (Å²) in [5.74, 6) is -0.288. The van der Waals surface area contributed by atoms with Crippen LogP contribution in [0.4, 0.5) is 8.78 Å². The van der Waals surface area contributed by atoms with Gasteiger partial charge in [0.25, 0.3) is 5.91 Å². The fourth-order valence-corrected chi connectivity index (χ4v) is 4.21. The van der Waals surface area contributed by atoms with E-state index in [1.807, 2.05) is 20.8 Å². The zero-order chi connectivity index (χ0) is 26.2. The number of hydrogen-bond donors (Lipinski definition) is 2. The third-order valence-corrected chi connectivity index (χ3v) is 5.78. The van der Waals surface area contributed by atoms with Gasteiger partial charge in [0.05, 0.1) is 30.5 Å². The number of halogens is 2. The first-order chi connectivity index (χ1) is 17.7. The van der Waals surface area contributed by atoms with E-state index in [1.165, 1.54) is 18.3 Å². The van der Waals surface area contributed by atoms with Crippen LogP contribution >= 0.6 is 0 Å². The van der Waals surface area contributed by atoms with E-state index in [4.69, 9.17) is 19.6 Å². The highest BCUT2D eigenvalue weighted by molar-refractivity contribution is 6.05. The van der Waals surface area contributed by atoms with Gasteiger partial charge in [0, 0.05) is 30.1 Å².